The summed E-state index contributed by atoms with van der Waals surface area (Å²) >= 11 is 1.39. The van der Waals surface area contributed by atoms with Crippen molar-refractivity contribution in [1.82, 2.24) is 4.90 Å². The molecule has 1 aliphatic rings. The van der Waals surface area contributed by atoms with Crippen molar-refractivity contribution in [2.24, 2.45) is 4.99 Å². The van der Waals surface area contributed by atoms with Gasteiger partial charge in [0.25, 0.3) is 5.91 Å². The van der Waals surface area contributed by atoms with Crippen LogP contribution < -0.4 is 4.74 Å². The number of likely N-dealkylation sites (N-methyl/N-ethyl adjacent to an activating group) is 1. The van der Waals surface area contributed by atoms with E-state index in [9.17, 15) is 4.79 Å². The SMILES string of the molecule is Cc1ccc(N=C2S/C(=C/c3ccc(OCc4ccccc4)cc3)C(=O)N2C)cc1. The van der Waals surface area contributed by atoms with Crippen LogP contribution in [0.15, 0.2) is 88.8 Å². The van der Waals surface area contributed by atoms with Crippen molar-refractivity contribution in [2.45, 2.75) is 13.5 Å². The summed E-state index contributed by atoms with van der Waals surface area (Å²) in [5.41, 5.74) is 4.09. The molecule has 1 fully saturated rings. The quantitative estimate of drug-likeness (QED) is 0.495. The fraction of sp³-hybridized carbons (Fsp3) is 0.120. The number of ether oxygens (including phenoxy) is 1. The van der Waals surface area contributed by atoms with Gasteiger partial charge >= 0.3 is 0 Å². The minimum Gasteiger partial charge on any atom is -0.489 e. The second-order valence-corrected chi connectivity index (χ2v) is 8.06. The van der Waals surface area contributed by atoms with Gasteiger partial charge in [-0.05, 0) is 60.2 Å². The van der Waals surface area contributed by atoms with E-state index in [1.165, 1.54) is 17.3 Å². The van der Waals surface area contributed by atoms with E-state index < -0.39 is 0 Å². The second kappa shape index (κ2) is 9.01. The Bertz CT molecular complexity index is 1090. The van der Waals surface area contributed by atoms with E-state index in [2.05, 4.69) is 4.99 Å². The lowest BCUT2D eigenvalue weighted by molar-refractivity contribution is -0.121. The van der Waals surface area contributed by atoms with Gasteiger partial charge < -0.3 is 4.74 Å². The molecule has 3 aromatic carbocycles. The fourth-order valence-electron chi connectivity index (χ4n) is 2.93. The summed E-state index contributed by atoms with van der Waals surface area (Å²) in [7, 11) is 1.75. The van der Waals surface area contributed by atoms with E-state index in [0.29, 0.717) is 16.7 Å². The first-order chi connectivity index (χ1) is 14.6. The van der Waals surface area contributed by atoms with E-state index in [1.807, 2.05) is 91.9 Å². The van der Waals surface area contributed by atoms with Crippen LogP contribution in [-0.2, 0) is 11.4 Å². The molecule has 0 N–H and O–H groups in total. The van der Waals surface area contributed by atoms with Gasteiger partial charge in [0.15, 0.2) is 5.17 Å². The molecule has 1 aliphatic heterocycles. The molecule has 3 aromatic rings. The summed E-state index contributed by atoms with van der Waals surface area (Å²) in [6, 6.07) is 25.7. The second-order valence-electron chi connectivity index (χ2n) is 7.05. The first-order valence-electron chi connectivity index (χ1n) is 9.68. The number of hydrogen-bond acceptors (Lipinski definition) is 4. The van der Waals surface area contributed by atoms with Gasteiger partial charge in [-0.1, -0.05) is 60.2 Å². The molecule has 1 amide bonds. The number of carbonyl (C=O) groups is 1. The molecule has 4 nitrogen and oxygen atoms in total. The Morgan fingerprint density at radius 3 is 2.37 bits per heavy atom. The van der Waals surface area contributed by atoms with Gasteiger partial charge in [-0.15, -0.1) is 0 Å². The first-order valence-corrected chi connectivity index (χ1v) is 10.5. The Labute approximate surface area is 180 Å². The number of benzene rings is 3. The number of aryl methyl sites for hydroxylation is 1. The molecule has 0 unspecified atom stereocenters. The highest BCUT2D eigenvalue weighted by molar-refractivity contribution is 8.18. The molecule has 30 heavy (non-hydrogen) atoms. The first kappa shape index (κ1) is 20.0. The average molecular weight is 415 g/mol. The smallest absolute Gasteiger partial charge is 0.266 e. The molecule has 0 aromatic heterocycles. The van der Waals surface area contributed by atoms with Gasteiger partial charge in [-0.25, -0.2) is 4.99 Å². The van der Waals surface area contributed by atoms with Crippen molar-refractivity contribution < 1.29 is 9.53 Å². The molecule has 0 spiro atoms. The van der Waals surface area contributed by atoms with Crippen molar-refractivity contribution in [1.29, 1.82) is 0 Å². The van der Waals surface area contributed by atoms with Crippen LogP contribution in [0.1, 0.15) is 16.7 Å². The molecule has 150 valence electrons. The number of rotatable bonds is 5. The van der Waals surface area contributed by atoms with Crippen molar-refractivity contribution >= 4 is 34.6 Å². The number of thioether (sulfide) groups is 1. The Morgan fingerprint density at radius 1 is 0.967 bits per heavy atom. The van der Waals surface area contributed by atoms with Crippen LogP contribution in [-0.4, -0.2) is 23.0 Å². The van der Waals surface area contributed by atoms with Crippen LogP contribution in [0.4, 0.5) is 5.69 Å². The van der Waals surface area contributed by atoms with Crippen molar-refractivity contribution in [3.8, 4) is 5.75 Å². The topological polar surface area (TPSA) is 41.9 Å². The summed E-state index contributed by atoms with van der Waals surface area (Å²) in [5.74, 6) is 0.750. The number of amides is 1. The molecular weight excluding hydrogens is 392 g/mol. The Morgan fingerprint density at radius 2 is 1.67 bits per heavy atom. The summed E-state index contributed by atoms with van der Waals surface area (Å²) in [4.78, 5) is 19.5. The van der Waals surface area contributed by atoms with E-state index in [4.69, 9.17) is 4.74 Å². The summed E-state index contributed by atoms with van der Waals surface area (Å²) in [5, 5.41) is 0.679. The maximum atomic E-state index is 12.6. The zero-order valence-corrected chi connectivity index (χ0v) is 17.7. The van der Waals surface area contributed by atoms with E-state index in [0.717, 1.165) is 22.6 Å². The van der Waals surface area contributed by atoms with Crippen molar-refractivity contribution in [3.05, 3.63) is 100 Å². The predicted molar refractivity (Wildman–Crippen MR) is 124 cm³/mol. The zero-order chi connectivity index (χ0) is 20.9. The monoisotopic (exact) mass is 414 g/mol. The van der Waals surface area contributed by atoms with Crippen LogP contribution in [0.2, 0.25) is 0 Å². The summed E-state index contributed by atoms with van der Waals surface area (Å²) < 4.78 is 5.83. The van der Waals surface area contributed by atoms with E-state index in [1.54, 1.807) is 11.9 Å². The summed E-state index contributed by atoms with van der Waals surface area (Å²) in [6.45, 7) is 2.56. The molecule has 0 radical (unpaired) electrons. The third-order valence-electron chi connectivity index (χ3n) is 4.69. The molecule has 1 saturated heterocycles. The Balaban J connectivity index is 1.45. The Kier molecular flexibility index (Phi) is 6.00. The average Bonchev–Trinajstić information content (AvgIpc) is 3.03. The highest BCUT2D eigenvalue weighted by Gasteiger charge is 2.30. The van der Waals surface area contributed by atoms with Gasteiger partial charge in [-0.2, -0.15) is 0 Å². The summed E-state index contributed by atoms with van der Waals surface area (Å²) in [6.07, 6.45) is 1.89. The molecule has 5 heteroatoms. The highest BCUT2D eigenvalue weighted by Crippen LogP contribution is 2.33. The largest absolute Gasteiger partial charge is 0.489 e. The normalized spacial score (nSPS) is 16.5. The standard InChI is InChI=1S/C25H22N2O2S/c1-18-8-12-21(13-9-18)26-25-27(2)24(28)23(30-25)16-19-10-14-22(15-11-19)29-17-20-6-4-3-5-7-20/h3-16H,17H2,1-2H3/b23-16+,26-25?. The number of hydrogen-bond donors (Lipinski definition) is 0. The minimum absolute atomic E-state index is 0.0461. The maximum absolute atomic E-state index is 12.6. The molecular formula is C25H22N2O2S. The van der Waals surface area contributed by atoms with Crippen LogP contribution in [0, 0.1) is 6.92 Å². The number of aliphatic imine (C=N–C) groups is 1. The molecule has 0 bridgehead atoms. The van der Waals surface area contributed by atoms with E-state index >= 15 is 0 Å². The van der Waals surface area contributed by atoms with Crippen molar-refractivity contribution in [2.75, 3.05) is 7.05 Å². The lowest BCUT2D eigenvalue weighted by Crippen LogP contribution is -2.23. The predicted octanol–water partition coefficient (Wildman–Crippen LogP) is 5.81. The minimum atomic E-state index is -0.0461. The number of amidine groups is 1. The van der Waals surface area contributed by atoms with Gasteiger partial charge in [0.1, 0.15) is 12.4 Å². The molecule has 0 saturated carbocycles. The fourth-order valence-corrected chi connectivity index (χ4v) is 3.92. The number of carbonyl (C=O) groups excluding carboxylic acids is 1. The number of nitrogens with zero attached hydrogens (tertiary/aromatic N) is 2. The van der Waals surface area contributed by atoms with Crippen LogP contribution in [0.5, 0.6) is 5.75 Å². The van der Waals surface area contributed by atoms with Gasteiger partial charge in [0.05, 0.1) is 10.6 Å². The van der Waals surface area contributed by atoms with Gasteiger partial charge in [0.2, 0.25) is 0 Å². The Hall–Kier alpha value is -3.31. The van der Waals surface area contributed by atoms with Crippen LogP contribution in [0.3, 0.4) is 0 Å². The lowest BCUT2D eigenvalue weighted by atomic mass is 10.2. The van der Waals surface area contributed by atoms with Crippen molar-refractivity contribution in [3.63, 3.8) is 0 Å². The molecule has 0 aliphatic carbocycles. The lowest BCUT2D eigenvalue weighted by Gasteiger charge is -2.07. The van der Waals surface area contributed by atoms with Crippen LogP contribution in [0.25, 0.3) is 6.08 Å². The molecule has 4 rings (SSSR count). The molecule has 1 heterocycles. The maximum Gasteiger partial charge on any atom is 0.266 e. The highest BCUT2D eigenvalue weighted by atomic mass is 32.2. The van der Waals surface area contributed by atoms with Crippen LogP contribution >= 0.6 is 11.8 Å². The zero-order valence-electron chi connectivity index (χ0n) is 16.9. The van der Waals surface area contributed by atoms with Gasteiger partial charge in [-0.3, -0.25) is 9.69 Å². The third-order valence-corrected chi connectivity index (χ3v) is 5.75. The molecule has 0 atom stereocenters. The third kappa shape index (κ3) is 4.81. The van der Waals surface area contributed by atoms with Gasteiger partial charge in [0, 0.05) is 7.05 Å². The van der Waals surface area contributed by atoms with E-state index in [-0.39, 0.29) is 5.91 Å².